The van der Waals surface area contributed by atoms with Gasteiger partial charge in [0.05, 0.1) is 6.10 Å². The predicted molar refractivity (Wildman–Crippen MR) is 66.3 cm³/mol. The monoisotopic (exact) mass is 229 g/mol. The predicted octanol–water partition coefficient (Wildman–Crippen LogP) is 1.64. The van der Waals surface area contributed by atoms with Crippen LogP contribution in [-0.2, 0) is 6.42 Å². The zero-order chi connectivity index (χ0) is 12.3. The van der Waals surface area contributed by atoms with Crippen LogP contribution in [0, 0.1) is 6.92 Å². The van der Waals surface area contributed by atoms with Crippen LogP contribution in [0.2, 0.25) is 0 Å². The Bertz CT molecular complexity index is 514. The first-order chi connectivity index (χ1) is 8.18. The molecule has 88 valence electrons. The number of aryl methyl sites for hydroxylation is 1. The maximum absolute atomic E-state index is 10.2. The third-order valence-electron chi connectivity index (χ3n) is 2.78. The van der Waals surface area contributed by atoms with Gasteiger partial charge in [0.25, 0.3) is 0 Å². The first kappa shape index (κ1) is 11.5. The first-order valence-electron chi connectivity index (χ1n) is 5.45. The van der Waals surface area contributed by atoms with Crippen LogP contribution in [0.15, 0.2) is 36.9 Å². The van der Waals surface area contributed by atoms with Crippen molar-refractivity contribution in [2.75, 3.05) is 5.73 Å². The molecule has 1 atom stereocenters. The fraction of sp³-hybridized carbons (Fsp3) is 0.231. The fourth-order valence-corrected chi connectivity index (χ4v) is 1.78. The van der Waals surface area contributed by atoms with Crippen molar-refractivity contribution in [1.82, 2.24) is 9.97 Å². The molecule has 0 fully saturated rings. The van der Waals surface area contributed by atoms with Gasteiger partial charge in [-0.1, -0.05) is 0 Å². The summed E-state index contributed by atoms with van der Waals surface area (Å²) in [4.78, 5) is 8.01. The molecular weight excluding hydrogens is 214 g/mol. The number of hydrogen-bond acceptors (Lipinski definition) is 4. The number of hydrogen-bond donors (Lipinski definition) is 2. The van der Waals surface area contributed by atoms with Crippen LogP contribution in [0.1, 0.15) is 22.8 Å². The molecule has 0 aliphatic carbocycles. The van der Waals surface area contributed by atoms with Gasteiger partial charge >= 0.3 is 0 Å². The van der Waals surface area contributed by atoms with Gasteiger partial charge in [0.1, 0.15) is 0 Å². The Labute approximate surface area is 100 Å². The molecule has 4 nitrogen and oxygen atoms in total. The SMILES string of the molecule is Cc1cnccc1C(O)Cc1cnccc1N. The van der Waals surface area contributed by atoms with E-state index in [2.05, 4.69) is 9.97 Å². The second kappa shape index (κ2) is 4.93. The number of nitrogens with two attached hydrogens (primary N) is 1. The Morgan fingerprint density at radius 2 is 1.94 bits per heavy atom. The number of pyridine rings is 2. The molecule has 0 amide bonds. The van der Waals surface area contributed by atoms with Crippen LogP contribution >= 0.6 is 0 Å². The minimum absolute atomic E-state index is 0.463. The van der Waals surface area contributed by atoms with E-state index >= 15 is 0 Å². The fourth-order valence-electron chi connectivity index (χ4n) is 1.78. The summed E-state index contributed by atoms with van der Waals surface area (Å²) in [6.07, 6.45) is 6.63. The largest absolute Gasteiger partial charge is 0.398 e. The van der Waals surface area contributed by atoms with Gasteiger partial charge in [0.15, 0.2) is 0 Å². The molecule has 4 heteroatoms. The molecule has 0 aliphatic rings. The van der Waals surface area contributed by atoms with Crippen molar-refractivity contribution in [2.24, 2.45) is 0 Å². The van der Waals surface area contributed by atoms with E-state index in [1.165, 1.54) is 0 Å². The van der Waals surface area contributed by atoms with E-state index in [0.29, 0.717) is 12.1 Å². The number of nitrogen functional groups attached to an aromatic ring is 1. The van der Waals surface area contributed by atoms with Crippen LogP contribution in [0.25, 0.3) is 0 Å². The number of aliphatic hydroxyl groups excluding tert-OH is 1. The van der Waals surface area contributed by atoms with Gasteiger partial charge in [-0.3, -0.25) is 9.97 Å². The van der Waals surface area contributed by atoms with Crippen LogP contribution < -0.4 is 5.73 Å². The maximum Gasteiger partial charge on any atom is 0.0835 e. The highest BCUT2D eigenvalue weighted by Crippen LogP contribution is 2.22. The zero-order valence-electron chi connectivity index (χ0n) is 9.67. The number of anilines is 1. The van der Waals surface area contributed by atoms with Crippen LogP contribution in [-0.4, -0.2) is 15.1 Å². The van der Waals surface area contributed by atoms with E-state index in [1.807, 2.05) is 13.0 Å². The molecule has 0 saturated heterocycles. The van der Waals surface area contributed by atoms with Crippen molar-refractivity contribution in [3.05, 3.63) is 53.6 Å². The molecule has 2 rings (SSSR count). The van der Waals surface area contributed by atoms with Crippen molar-refractivity contribution >= 4 is 5.69 Å². The van der Waals surface area contributed by atoms with E-state index in [-0.39, 0.29) is 0 Å². The third kappa shape index (κ3) is 2.60. The molecule has 2 aromatic heterocycles. The molecule has 0 aromatic carbocycles. The summed E-state index contributed by atoms with van der Waals surface area (Å²) in [5, 5.41) is 10.2. The normalized spacial score (nSPS) is 12.4. The number of aliphatic hydroxyl groups is 1. The van der Waals surface area contributed by atoms with Gasteiger partial charge < -0.3 is 10.8 Å². The summed E-state index contributed by atoms with van der Waals surface area (Å²) < 4.78 is 0. The van der Waals surface area contributed by atoms with E-state index in [0.717, 1.165) is 16.7 Å². The lowest BCUT2D eigenvalue weighted by Gasteiger charge is -2.14. The van der Waals surface area contributed by atoms with Crippen LogP contribution in [0.5, 0.6) is 0 Å². The van der Waals surface area contributed by atoms with Gasteiger partial charge in [-0.15, -0.1) is 0 Å². The van der Waals surface area contributed by atoms with Crippen molar-refractivity contribution < 1.29 is 5.11 Å². The Balaban J connectivity index is 2.20. The highest BCUT2D eigenvalue weighted by atomic mass is 16.3. The standard InChI is InChI=1S/C13H15N3O/c1-9-7-15-4-2-11(9)13(17)6-10-8-16-5-3-12(10)14/h2-5,7-8,13,17H,6H2,1H3,(H2,14,16). The van der Waals surface area contributed by atoms with Crippen molar-refractivity contribution in [3.63, 3.8) is 0 Å². The van der Waals surface area contributed by atoms with Gasteiger partial charge in [0.2, 0.25) is 0 Å². The molecule has 0 spiro atoms. The second-order valence-corrected chi connectivity index (χ2v) is 4.03. The van der Waals surface area contributed by atoms with Gasteiger partial charge in [-0.05, 0) is 35.7 Å². The number of aromatic nitrogens is 2. The second-order valence-electron chi connectivity index (χ2n) is 4.03. The first-order valence-corrected chi connectivity index (χ1v) is 5.45. The van der Waals surface area contributed by atoms with Crippen molar-refractivity contribution in [3.8, 4) is 0 Å². The molecule has 2 heterocycles. The lowest BCUT2D eigenvalue weighted by molar-refractivity contribution is 0.177. The average Bonchev–Trinajstić information content (AvgIpc) is 2.32. The lowest BCUT2D eigenvalue weighted by atomic mass is 9.99. The minimum Gasteiger partial charge on any atom is -0.398 e. The van der Waals surface area contributed by atoms with Gasteiger partial charge in [-0.25, -0.2) is 0 Å². The zero-order valence-corrected chi connectivity index (χ0v) is 9.67. The maximum atomic E-state index is 10.2. The van der Waals surface area contributed by atoms with E-state index in [9.17, 15) is 5.11 Å². The Hall–Kier alpha value is -1.94. The summed E-state index contributed by atoms with van der Waals surface area (Å²) in [7, 11) is 0. The summed E-state index contributed by atoms with van der Waals surface area (Å²) in [6.45, 7) is 1.93. The Kier molecular flexibility index (Phi) is 3.35. The van der Waals surface area contributed by atoms with Gasteiger partial charge in [-0.2, -0.15) is 0 Å². The Morgan fingerprint density at radius 1 is 1.24 bits per heavy atom. The molecular formula is C13H15N3O. The summed E-state index contributed by atoms with van der Waals surface area (Å²) in [6, 6.07) is 3.56. The van der Waals surface area contributed by atoms with E-state index < -0.39 is 6.10 Å². The van der Waals surface area contributed by atoms with Crippen LogP contribution in [0.3, 0.4) is 0 Å². The molecule has 0 saturated carbocycles. The summed E-state index contributed by atoms with van der Waals surface area (Å²) in [5.41, 5.74) is 9.19. The molecule has 0 radical (unpaired) electrons. The lowest BCUT2D eigenvalue weighted by Crippen LogP contribution is -2.06. The molecule has 17 heavy (non-hydrogen) atoms. The molecule has 0 bridgehead atoms. The van der Waals surface area contributed by atoms with E-state index in [1.54, 1.807) is 30.9 Å². The highest BCUT2D eigenvalue weighted by molar-refractivity contribution is 5.45. The number of nitrogens with zero attached hydrogens (tertiary/aromatic N) is 2. The molecule has 2 aromatic rings. The van der Waals surface area contributed by atoms with Crippen molar-refractivity contribution in [2.45, 2.75) is 19.4 Å². The molecule has 1 unspecified atom stereocenters. The molecule has 0 aliphatic heterocycles. The van der Waals surface area contributed by atoms with Gasteiger partial charge in [0, 0.05) is 36.9 Å². The summed E-state index contributed by atoms with van der Waals surface area (Å²) in [5.74, 6) is 0. The van der Waals surface area contributed by atoms with Crippen molar-refractivity contribution in [1.29, 1.82) is 0 Å². The third-order valence-corrected chi connectivity index (χ3v) is 2.78. The number of rotatable bonds is 3. The highest BCUT2D eigenvalue weighted by Gasteiger charge is 2.12. The molecule has 3 N–H and O–H groups in total. The minimum atomic E-state index is -0.579. The summed E-state index contributed by atoms with van der Waals surface area (Å²) >= 11 is 0. The van der Waals surface area contributed by atoms with Crippen LogP contribution in [0.4, 0.5) is 5.69 Å². The van der Waals surface area contributed by atoms with E-state index in [4.69, 9.17) is 5.73 Å². The topological polar surface area (TPSA) is 72.0 Å². The quantitative estimate of drug-likeness (QED) is 0.839. The Morgan fingerprint density at radius 3 is 2.65 bits per heavy atom. The average molecular weight is 229 g/mol. The smallest absolute Gasteiger partial charge is 0.0835 e.